The molecule has 100 valence electrons. The Morgan fingerprint density at radius 1 is 0.950 bits per heavy atom. The third-order valence-corrected chi connectivity index (χ3v) is 2.72. The van der Waals surface area contributed by atoms with Crippen LogP contribution in [0.15, 0.2) is 54.6 Å². The normalized spacial score (nSPS) is 10.4. The lowest BCUT2D eigenvalue weighted by Crippen LogP contribution is -2.03. The molecule has 0 radical (unpaired) electrons. The van der Waals surface area contributed by atoms with Crippen LogP contribution in [0, 0.1) is 6.92 Å². The van der Waals surface area contributed by atoms with Gasteiger partial charge in [0.05, 0.1) is 0 Å². The number of benzene rings is 2. The lowest BCUT2D eigenvalue weighted by molar-refractivity contribution is -0.128. The molecule has 0 aliphatic heterocycles. The van der Waals surface area contributed by atoms with E-state index in [-0.39, 0.29) is 0 Å². The van der Waals surface area contributed by atoms with Crippen molar-refractivity contribution in [2.75, 3.05) is 0 Å². The molecular formula is C17H14O3. The minimum absolute atomic E-state index is 0.411. The van der Waals surface area contributed by atoms with Gasteiger partial charge in [-0.2, -0.15) is 0 Å². The molecule has 3 heteroatoms. The second-order valence-corrected chi connectivity index (χ2v) is 4.35. The molecule has 0 spiro atoms. The molecule has 2 aromatic rings. The Morgan fingerprint density at radius 2 is 1.55 bits per heavy atom. The minimum atomic E-state index is -0.454. The van der Waals surface area contributed by atoms with Crippen LogP contribution in [-0.4, -0.2) is 12.3 Å². The Hall–Kier alpha value is -2.68. The van der Waals surface area contributed by atoms with Gasteiger partial charge in [-0.3, -0.25) is 4.79 Å². The standard InChI is InChI=1S/C17H14O3/c1-13-2-4-14(5-3-13)8-11-17(19)20-16-9-6-15(12-18)7-10-16/h2-12H,1H3/b11-8-. The second kappa shape index (κ2) is 6.48. The van der Waals surface area contributed by atoms with Gasteiger partial charge in [0.1, 0.15) is 12.0 Å². The number of hydrogen-bond donors (Lipinski definition) is 0. The summed E-state index contributed by atoms with van der Waals surface area (Å²) in [7, 11) is 0. The van der Waals surface area contributed by atoms with Crippen LogP contribution in [0.4, 0.5) is 0 Å². The topological polar surface area (TPSA) is 43.4 Å². The number of carbonyl (C=O) groups excluding carboxylic acids is 2. The molecule has 0 bridgehead atoms. The molecule has 0 aromatic heterocycles. The number of hydrogen-bond acceptors (Lipinski definition) is 3. The number of aryl methyl sites for hydroxylation is 1. The van der Waals surface area contributed by atoms with Crippen molar-refractivity contribution in [3.05, 3.63) is 71.3 Å². The van der Waals surface area contributed by atoms with Crippen molar-refractivity contribution in [1.82, 2.24) is 0 Å². The highest BCUT2D eigenvalue weighted by Gasteiger charge is 2.00. The van der Waals surface area contributed by atoms with Crippen LogP contribution >= 0.6 is 0 Å². The van der Waals surface area contributed by atoms with Gasteiger partial charge in [0.15, 0.2) is 0 Å². The molecular weight excluding hydrogens is 252 g/mol. The number of carbonyl (C=O) groups is 2. The van der Waals surface area contributed by atoms with E-state index in [1.807, 2.05) is 31.2 Å². The van der Waals surface area contributed by atoms with Gasteiger partial charge in [-0.1, -0.05) is 29.8 Å². The maximum Gasteiger partial charge on any atom is 0.336 e. The van der Waals surface area contributed by atoms with Crippen molar-refractivity contribution in [3.63, 3.8) is 0 Å². The van der Waals surface area contributed by atoms with E-state index < -0.39 is 5.97 Å². The molecule has 0 fully saturated rings. The highest BCUT2D eigenvalue weighted by atomic mass is 16.5. The van der Waals surface area contributed by atoms with Gasteiger partial charge in [-0.25, -0.2) is 4.79 Å². The first-order valence-electron chi connectivity index (χ1n) is 6.19. The summed E-state index contributed by atoms with van der Waals surface area (Å²) in [5.41, 5.74) is 2.64. The van der Waals surface area contributed by atoms with Gasteiger partial charge in [-0.15, -0.1) is 0 Å². The average Bonchev–Trinajstić information content (AvgIpc) is 2.47. The molecule has 0 heterocycles. The van der Waals surface area contributed by atoms with Gasteiger partial charge in [0.25, 0.3) is 0 Å². The molecule has 20 heavy (non-hydrogen) atoms. The maximum atomic E-state index is 11.6. The van der Waals surface area contributed by atoms with Crippen LogP contribution in [0.5, 0.6) is 5.75 Å². The first-order valence-corrected chi connectivity index (χ1v) is 6.19. The van der Waals surface area contributed by atoms with Crippen LogP contribution in [0.1, 0.15) is 21.5 Å². The van der Waals surface area contributed by atoms with Crippen molar-refractivity contribution in [2.24, 2.45) is 0 Å². The molecule has 0 aliphatic rings. The summed E-state index contributed by atoms with van der Waals surface area (Å²) in [4.78, 5) is 22.1. The maximum absolute atomic E-state index is 11.6. The van der Waals surface area contributed by atoms with Crippen LogP contribution in [0.25, 0.3) is 6.08 Å². The SMILES string of the molecule is Cc1ccc(/C=C\C(=O)Oc2ccc(C=O)cc2)cc1. The third kappa shape index (κ3) is 3.92. The van der Waals surface area contributed by atoms with E-state index in [0.29, 0.717) is 11.3 Å². The fourth-order valence-corrected chi connectivity index (χ4v) is 1.61. The van der Waals surface area contributed by atoms with Crippen molar-refractivity contribution < 1.29 is 14.3 Å². The van der Waals surface area contributed by atoms with E-state index in [4.69, 9.17) is 4.74 Å². The summed E-state index contributed by atoms with van der Waals surface area (Å²) in [6, 6.07) is 14.2. The Kier molecular flexibility index (Phi) is 4.45. The van der Waals surface area contributed by atoms with Crippen LogP contribution in [0.3, 0.4) is 0 Å². The van der Waals surface area contributed by atoms with Gasteiger partial charge in [-0.05, 0) is 42.8 Å². The summed E-state index contributed by atoms with van der Waals surface area (Å²) in [5.74, 6) is -0.0430. The first kappa shape index (κ1) is 13.7. The van der Waals surface area contributed by atoms with E-state index in [1.54, 1.807) is 30.3 Å². The smallest absolute Gasteiger partial charge is 0.336 e. The largest absolute Gasteiger partial charge is 0.423 e. The van der Waals surface area contributed by atoms with Crippen molar-refractivity contribution >= 4 is 18.3 Å². The minimum Gasteiger partial charge on any atom is -0.423 e. The zero-order valence-corrected chi connectivity index (χ0v) is 11.1. The molecule has 0 amide bonds. The second-order valence-electron chi connectivity index (χ2n) is 4.35. The Morgan fingerprint density at radius 3 is 2.15 bits per heavy atom. The van der Waals surface area contributed by atoms with Gasteiger partial charge in [0.2, 0.25) is 0 Å². The van der Waals surface area contributed by atoms with E-state index in [2.05, 4.69) is 0 Å². The zero-order chi connectivity index (χ0) is 14.4. The number of esters is 1. The summed E-state index contributed by atoms with van der Waals surface area (Å²) < 4.78 is 5.12. The number of ether oxygens (including phenoxy) is 1. The van der Waals surface area contributed by atoms with Crippen LogP contribution in [-0.2, 0) is 4.79 Å². The van der Waals surface area contributed by atoms with E-state index in [9.17, 15) is 9.59 Å². The molecule has 2 aromatic carbocycles. The molecule has 3 nitrogen and oxygen atoms in total. The van der Waals surface area contributed by atoms with E-state index in [0.717, 1.165) is 11.8 Å². The third-order valence-electron chi connectivity index (χ3n) is 2.72. The fraction of sp³-hybridized carbons (Fsp3) is 0.0588. The Labute approximate surface area is 117 Å². The Bertz CT molecular complexity index is 622. The van der Waals surface area contributed by atoms with Crippen LogP contribution in [0.2, 0.25) is 0 Å². The molecule has 0 aliphatic carbocycles. The average molecular weight is 266 g/mol. The lowest BCUT2D eigenvalue weighted by Gasteiger charge is -2.01. The molecule has 0 saturated carbocycles. The molecule has 0 saturated heterocycles. The highest BCUT2D eigenvalue weighted by molar-refractivity contribution is 5.88. The Balaban J connectivity index is 1.97. The summed E-state index contributed by atoms with van der Waals surface area (Å²) in [6.45, 7) is 2.00. The van der Waals surface area contributed by atoms with Crippen LogP contribution < -0.4 is 4.74 Å². The predicted octanol–water partition coefficient (Wildman–Crippen LogP) is 3.43. The van der Waals surface area contributed by atoms with E-state index >= 15 is 0 Å². The molecule has 2 rings (SSSR count). The van der Waals surface area contributed by atoms with Crippen molar-refractivity contribution in [3.8, 4) is 5.75 Å². The molecule has 0 N–H and O–H groups in total. The monoisotopic (exact) mass is 266 g/mol. The fourth-order valence-electron chi connectivity index (χ4n) is 1.61. The van der Waals surface area contributed by atoms with Crippen molar-refractivity contribution in [2.45, 2.75) is 6.92 Å². The zero-order valence-electron chi connectivity index (χ0n) is 11.1. The summed E-state index contributed by atoms with van der Waals surface area (Å²) >= 11 is 0. The quantitative estimate of drug-likeness (QED) is 0.368. The summed E-state index contributed by atoms with van der Waals surface area (Å²) in [6.07, 6.45) is 3.81. The number of aldehydes is 1. The van der Waals surface area contributed by atoms with Crippen molar-refractivity contribution in [1.29, 1.82) is 0 Å². The van der Waals surface area contributed by atoms with Gasteiger partial charge < -0.3 is 4.74 Å². The number of rotatable bonds is 4. The summed E-state index contributed by atoms with van der Waals surface area (Å²) in [5, 5.41) is 0. The van der Waals surface area contributed by atoms with Gasteiger partial charge in [0, 0.05) is 11.6 Å². The molecule has 0 atom stereocenters. The van der Waals surface area contributed by atoms with E-state index in [1.165, 1.54) is 11.6 Å². The van der Waals surface area contributed by atoms with Gasteiger partial charge >= 0.3 is 5.97 Å². The lowest BCUT2D eigenvalue weighted by atomic mass is 10.1. The predicted molar refractivity (Wildman–Crippen MR) is 77.7 cm³/mol. The first-order chi connectivity index (χ1) is 9.67. The highest BCUT2D eigenvalue weighted by Crippen LogP contribution is 2.12. The molecule has 0 unspecified atom stereocenters.